The van der Waals surface area contributed by atoms with Gasteiger partial charge in [0.25, 0.3) is 5.69 Å². The molecule has 1 atom stereocenters. The highest BCUT2D eigenvalue weighted by atomic mass is 16.6. The minimum absolute atomic E-state index is 0.0832. The second kappa shape index (κ2) is 2.81. The maximum absolute atomic E-state index is 10.6. The van der Waals surface area contributed by atoms with Crippen molar-refractivity contribution < 1.29 is 9.66 Å². The van der Waals surface area contributed by atoms with E-state index in [1.165, 1.54) is 6.07 Å². The Morgan fingerprint density at radius 1 is 1.62 bits per heavy atom. The topological polar surface area (TPSA) is 55.7 Å². The van der Waals surface area contributed by atoms with Crippen molar-refractivity contribution in [2.45, 2.75) is 13.0 Å². The maximum atomic E-state index is 10.6. The molecule has 1 heterocycles. The first-order chi connectivity index (χ1) is 6.20. The molecule has 0 spiro atoms. The Morgan fingerprint density at radius 3 is 2.85 bits per heavy atom. The lowest BCUT2D eigenvalue weighted by molar-refractivity contribution is -0.385. The van der Waals surface area contributed by atoms with Gasteiger partial charge in [0, 0.05) is 11.6 Å². The van der Waals surface area contributed by atoms with Gasteiger partial charge in [-0.1, -0.05) is 12.1 Å². The molecule has 0 N–H and O–H groups in total. The molecule has 1 aromatic rings. The predicted molar refractivity (Wildman–Crippen MR) is 46.5 cm³/mol. The van der Waals surface area contributed by atoms with E-state index in [0.717, 1.165) is 11.1 Å². The summed E-state index contributed by atoms with van der Waals surface area (Å²) in [6.07, 6.45) is 0.0832. The number of ether oxygens (including phenoxy) is 1. The Kier molecular flexibility index (Phi) is 1.77. The van der Waals surface area contributed by atoms with Gasteiger partial charge in [0.1, 0.15) is 6.10 Å². The van der Waals surface area contributed by atoms with Crippen LogP contribution in [0.3, 0.4) is 0 Å². The van der Waals surface area contributed by atoms with Crippen LogP contribution in [0, 0.1) is 17.0 Å². The lowest BCUT2D eigenvalue weighted by Crippen LogP contribution is -1.95. The fourth-order valence-corrected chi connectivity index (χ4v) is 1.42. The van der Waals surface area contributed by atoms with E-state index in [2.05, 4.69) is 0 Å². The summed E-state index contributed by atoms with van der Waals surface area (Å²) in [4.78, 5) is 10.2. The largest absolute Gasteiger partial charge is 0.368 e. The number of nitrogens with zero attached hydrogens (tertiary/aromatic N) is 1. The molecule has 1 aromatic carbocycles. The zero-order chi connectivity index (χ0) is 9.42. The first kappa shape index (κ1) is 8.19. The van der Waals surface area contributed by atoms with Gasteiger partial charge in [-0.15, -0.1) is 0 Å². The number of epoxide rings is 1. The monoisotopic (exact) mass is 179 g/mol. The SMILES string of the molecule is Cc1c(C2CO2)cccc1[N+](=O)[O-]. The zero-order valence-electron chi connectivity index (χ0n) is 7.19. The summed E-state index contributed by atoms with van der Waals surface area (Å²) in [5.41, 5.74) is 1.83. The number of nitro benzene ring substituents is 1. The molecule has 68 valence electrons. The molecule has 0 radical (unpaired) electrons. The second-order valence-corrected chi connectivity index (χ2v) is 3.07. The summed E-state index contributed by atoms with van der Waals surface area (Å²) in [5, 5.41) is 10.6. The van der Waals surface area contributed by atoms with Crippen LogP contribution in [0.15, 0.2) is 18.2 Å². The average molecular weight is 179 g/mol. The van der Waals surface area contributed by atoms with Crippen molar-refractivity contribution in [3.8, 4) is 0 Å². The van der Waals surface area contributed by atoms with Gasteiger partial charge in [0.2, 0.25) is 0 Å². The van der Waals surface area contributed by atoms with Crippen LogP contribution in [0.25, 0.3) is 0 Å². The molecule has 1 aliphatic rings. The van der Waals surface area contributed by atoms with E-state index in [0.29, 0.717) is 6.61 Å². The Morgan fingerprint density at radius 2 is 2.31 bits per heavy atom. The van der Waals surface area contributed by atoms with E-state index in [-0.39, 0.29) is 16.7 Å². The third-order valence-electron chi connectivity index (χ3n) is 2.22. The highest BCUT2D eigenvalue weighted by molar-refractivity contribution is 5.46. The summed E-state index contributed by atoms with van der Waals surface area (Å²) in [5.74, 6) is 0. The Balaban J connectivity index is 2.47. The van der Waals surface area contributed by atoms with E-state index in [1.807, 2.05) is 6.07 Å². The van der Waals surface area contributed by atoms with Crippen LogP contribution < -0.4 is 0 Å². The van der Waals surface area contributed by atoms with E-state index in [9.17, 15) is 10.1 Å². The Hall–Kier alpha value is -1.42. The van der Waals surface area contributed by atoms with E-state index in [1.54, 1.807) is 13.0 Å². The normalized spacial score (nSPS) is 19.9. The van der Waals surface area contributed by atoms with Crippen molar-refractivity contribution in [1.82, 2.24) is 0 Å². The molecule has 0 aromatic heterocycles. The minimum atomic E-state index is -0.360. The van der Waals surface area contributed by atoms with Gasteiger partial charge in [-0.05, 0) is 12.5 Å². The summed E-state index contributed by atoms with van der Waals surface area (Å²) in [6, 6.07) is 5.09. The molecule has 4 heteroatoms. The Labute approximate surface area is 75.3 Å². The maximum Gasteiger partial charge on any atom is 0.272 e. The third-order valence-corrected chi connectivity index (χ3v) is 2.22. The fraction of sp³-hybridized carbons (Fsp3) is 0.333. The van der Waals surface area contributed by atoms with Crippen molar-refractivity contribution >= 4 is 5.69 Å². The number of hydrogen-bond acceptors (Lipinski definition) is 3. The molecular weight excluding hydrogens is 170 g/mol. The predicted octanol–water partition coefficient (Wildman–Crippen LogP) is 1.97. The molecule has 13 heavy (non-hydrogen) atoms. The van der Waals surface area contributed by atoms with Gasteiger partial charge in [-0.3, -0.25) is 10.1 Å². The molecule has 0 amide bonds. The first-order valence-electron chi connectivity index (χ1n) is 4.05. The van der Waals surface area contributed by atoms with Gasteiger partial charge in [-0.25, -0.2) is 0 Å². The quantitative estimate of drug-likeness (QED) is 0.396. The number of rotatable bonds is 2. The minimum Gasteiger partial charge on any atom is -0.368 e. The van der Waals surface area contributed by atoms with Crippen molar-refractivity contribution in [3.63, 3.8) is 0 Å². The Bertz CT molecular complexity index is 358. The van der Waals surface area contributed by atoms with E-state index >= 15 is 0 Å². The standard InChI is InChI=1S/C9H9NO3/c1-6-7(9-5-13-9)3-2-4-8(6)10(11)12/h2-4,9H,5H2,1H3. The molecule has 0 aliphatic carbocycles. The van der Waals surface area contributed by atoms with Crippen molar-refractivity contribution in [3.05, 3.63) is 39.4 Å². The summed E-state index contributed by atoms with van der Waals surface area (Å²) >= 11 is 0. The number of benzene rings is 1. The van der Waals surface area contributed by atoms with Crippen LogP contribution in [0.5, 0.6) is 0 Å². The van der Waals surface area contributed by atoms with Crippen molar-refractivity contribution in [2.75, 3.05) is 6.61 Å². The van der Waals surface area contributed by atoms with Crippen molar-refractivity contribution in [1.29, 1.82) is 0 Å². The van der Waals surface area contributed by atoms with Gasteiger partial charge in [-0.2, -0.15) is 0 Å². The number of nitro groups is 1. The van der Waals surface area contributed by atoms with Crippen LogP contribution in [0.2, 0.25) is 0 Å². The van der Waals surface area contributed by atoms with Gasteiger partial charge >= 0.3 is 0 Å². The fourth-order valence-electron chi connectivity index (χ4n) is 1.42. The van der Waals surface area contributed by atoms with Gasteiger partial charge < -0.3 is 4.74 Å². The molecule has 1 unspecified atom stereocenters. The van der Waals surface area contributed by atoms with Gasteiger partial charge in [0.15, 0.2) is 0 Å². The van der Waals surface area contributed by atoms with Crippen LogP contribution in [-0.4, -0.2) is 11.5 Å². The highest BCUT2D eigenvalue weighted by Crippen LogP contribution is 2.35. The van der Waals surface area contributed by atoms with Crippen molar-refractivity contribution in [2.24, 2.45) is 0 Å². The molecular formula is C9H9NO3. The summed E-state index contributed by atoms with van der Waals surface area (Å²) in [6.45, 7) is 2.44. The van der Waals surface area contributed by atoms with Crippen LogP contribution in [-0.2, 0) is 4.74 Å². The lowest BCUT2D eigenvalue weighted by atomic mass is 10.0. The van der Waals surface area contributed by atoms with E-state index in [4.69, 9.17) is 4.74 Å². The van der Waals surface area contributed by atoms with Crippen LogP contribution in [0.1, 0.15) is 17.2 Å². The molecule has 0 saturated carbocycles. The summed E-state index contributed by atoms with van der Waals surface area (Å²) < 4.78 is 5.09. The zero-order valence-corrected chi connectivity index (χ0v) is 7.19. The van der Waals surface area contributed by atoms with Crippen LogP contribution in [0.4, 0.5) is 5.69 Å². The smallest absolute Gasteiger partial charge is 0.272 e. The second-order valence-electron chi connectivity index (χ2n) is 3.07. The third kappa shape index (κ3) is 1.40. The average Bonchev–Trinajstić information content (AvgIpc) is 2.87. The van der Waals surface area contributed by atoms with Gasteiger partial charge in [0.05, 0.1) is 11.5 Å². The first-order valence-corrected chi connectivity index (χ1v) is 4.05. The molecule has 2 rings (SSSR count). The highest BCUT2D eigenvalue weighted by Gasteiger charge is 2.28. The molecule has 4 nitrogen and oxygen atoms in total. The molecule has 0 bridgehead atoms. The lowest BCUT2D eigenvalue weighted by Gasteiger charge is -2.01. The molecule has 1 aliphatic heterocycles. The number of hydrogen-bond donors (Lipinski definition) is 0. The molecule has 1 saturated heterocycles. The van der Waals surface area contributed by atoms with E-state index < -0.39 is 0 Å². The summed E-state index contributed by atoms with van der Waals surface area (Å²) in [7, 11) is 0. The molecule has 1 fully saturated rings. The van der Waals surface area contributed by atoms with Crippen LogP contribution >= 0.6 is 0 Å².